The average Bonchev–Trinajstić information content (AvgIpc) is 2.98. The summed E-state index contributed by atoms with van der Waals surface area (Å²) in [4.78, 5) is 11.5. The quantitative estimate of drug-likeness (QED) is 0.735. The van der Waals surface area contributed by atoms with E-state index in [9.17, 15) is 4.79 Å². The van der Waals surface area contributed by atoms with Crippen molar-refractivity contribution in [1.82, 2.24) is 0 Å². The van der Waals surface area contributed by atoms with Crippen molar-refractivity contribution in [2.45, 2.75) is 12.8 Å². The first kappa shape index (κ1) is 12.6. The molecule has 0 saturated heterocycles. The minimum absolute atomic E-state index is 0.156. The van der Waals surface area contributed by atoms with Crippen LogP contribution in [0.25, 0.3) is 0 Å². The average molecular weight is 413 g/mol. The summed E-state index contributed by atoms with van der Waals surface area (Å²) in [6, 6.07) is 3.78. The van der Waals surface area contributed by atoms with Crippen LogP contribution in [0.3, 0.4) is 0 Å². The Morgan fingerprint density at radius 1 is 1.25 bits per heavy atom. The topological polar surface area (TPSA) is 26.3 Å². The molecule has 1 aromatic rings. The Labute approximate surface area is 119 Å². The summed E-state index contributed by atoms with van der Waals surface area (Å²) < 4.78 is 8.13. The third-order valence-corrected chi connectivity index (χ3v) is 3.99. The summed E-state index contributed by atoms with van der Waals surface area (Å²) >= 11 is 10.2. The van der Waals surface area contributed by atoms with Crippen LogP contribution in [0.2, 0.25) is 0 Å². The third-order valence-electron chi connectivity index (χ3n) is 2.35. The molecule has 2 rings (SSSR count). The molecule has 86 valence electrons. The number of rotatable bonds is 4. The van der Waals surface area contributed by atoms with Crippen LogP contribution >= 0.6 is 47.8 Å². The van der Waals surface area contributed by atoms with Gasteiger partial charge in [-0.3, -0.25) is 4.79 Å². The predicted molar refractivity (Wildman–Crippen MR) is 72.8 cm³/mol. The molecule has 0 bridgehead atoms. The monoisotopic (exact) mass is 410 g/mol. The number of benzene rings is 1. The van der Waals surface area contributed by atoms with Gasteiger partial charge in [0.2, 0.25) is 0 Å². The third kappa shape index (κ3) is 3.08. The number of ether oxygens (including phenoxy) is 1. The van der Waals surface area contributed by atoms with Gasteiger partial charge in [-0.05, 0) is 56.8 Å². The van der Waals surface area contributed by atoms with Crippen LogP contribution < -0.4 is 4.74 Å². The molecule has 0 amide bonds. The molecule has 1 aliphatic rings. The molecule has 5 heteroatoms. The van der Waals surface area contributed by atoms with Crippen LogP contribution in [0.5, 0.6) is 5.75 Å². The Kier molecular flexibility index (Phi) is 4.08. The van der Waals surface area contributed by atoms with E-state index in [0.717, 1.165) is 26.3 Å². The summed E-state index contributed by atoms with van der Waals surface area (Å²) in [6.45, 7) is 0.156. The summed E-state index contributed by atoms with van der Waals surface area (Å²) in [5.41, 5.74) is 0. The van der Waals surface area contributed by atoms with E-state index in [-0.39, 0.29) is 18.3 Å². The van der Waals surface area contributed by atoms with Crippen LogP contribution in [-0.4, -0.2) is 12.4 Å². The van der Waals surface area contributed by atoms with Crippen LogP contribution in [0, 0.1) is 5.92 Å². The zero-order valence-corrected chi connectivity index (χ0v) is 13.1. The van der Waals surface area contributed by atoms with Gasteiger partial charge in [-0.1, -0.05) is 15.9 Å². The molecule has 0 aromatic heterocycles. The van der Waals surface area contributed by atoms with Crippen LogP contribution in [-0.2, 0) is 4.79 Å². The summed E-state index contributed by atoms with van der Waals surface area (Å²) in [5.74, 6) is 1.12. The highest BCUT2D eigenvalue weighted by Gasteiger charge is 2.29. The number of ketones is 1. The van der Waals surface area contributed by atoms with Crippen molar-refractivity contribution < 1.29 is 9.53 Å². The first-order chi connectivity index (χ1) is 7.58. The van der Waals surface area contributed by atoms with Crippen molar-refractivity contribution in [3.05, 3.63) is 25.6 Å². The number of Topliss-reactive ketones (excluding diaryl/α,β-unsaturated/α-hetero) is 1. The Hall–Kier alpha value is 0.130. The molecule has 0 spiro atoms. The van der Waals surface area contributed by atoms with Crippen molar-refractivity contribution in [2.24, 2.45) is 5.92 Å². The van der Waals surface area contributed by atoms with Gasteiger partial charge in [-0.25, -0.2) is 0 Å². The van der Waals surface area contributed by atoms with Crippen LogP contribution in [0.15, 0.2) is 25.6 Å². The van der Waals surface area contributed by atoms with Gasteiger partial charge in [-0.2, -0.15) is 0 Å². The molecule has 1 saturated carbocycles. The first-order valence-electron chi connectivity index (χ1n) is 4.88. The molecule has 0 aliphatic heterocycles. The van der Waals surface area contributed by atoms with Gasteiger partial charge in [0.1, 0.15) is 12.4 Å². The Bertz CT molecular complexity index is 404. The highest BCUT2D eigenvalue weighted by atomic mass is 79.9. The molecule has 0 N–H and O–H groups in total. The van der Waals surface area contributed by atoms with E-state index >= 15 is 0 Å². The molecule has 0 atom stereocenters. The fourth-order valence-corrected chi connectivity index (χ4v) is 3.82. The maximum atomic E-state index is 11.5. The number of hydrogen-bond donors (Lipinski definition) is 0. The van der Waals surface area contributed by atoms with E-state index in [4.69, 9.17) is 4.74 Å². The molecular weight excluding hydrogens is 404 g/mol. The highest BCUT2D eigenvalue weighted by molar-refractivity contribution is 9.11. The van der Waals surface area contributed by atoms with E-state index in [0.29, 0.717) is 5.75 Å². The minimum atomic E-state index is 0.156. The number of carbonyl (C=O) groups is 1. The molecular formula is C11H9Br3O2. The Balaban J connectivity index is 2.05. The second-order valence-electron chi connectivity index (χ2n) is 3.73. The molecule has 1 aliphatic carbocycles. The van der Waals surface area contributed by atoms with Gasteiger partial charge >= 0.3 is 0 Å². The molecule has 1 fully saturated rings. The van der Waals surface area contributed by atoms with Gasteiger partial charge in [-0.15, -0.1) is 0 Å². The van der Waals surface area contributed by atoms with E-state index < -0.39 is 0 Å². The lowest BCUT2D eigenvalue weighted by Gasteiger charge is -2.09. The van der Waals surface area contributed by atoms with Crippen LogP contribution in [0.1, 0.15) is 12.8 Å². The Morgan fingerprint density at radius 2 is 1.81 bits per heavy atom. The van der Waals surface area contributed by atoms with E-state index in [2.05, 4.69) is 47.8 Å². The fourth-order valence-electron chi connectivity index (χ4n) is 1.33. The molecule has 0 heterocycles. The SMILES string of the molecule is O=C(COc1c(Br)cc(Br)cc1Br)C1CC1. The second-order valence-corrected chi connectivity index (χ2v) is 6.35. The molecule has 2 nitrogen and oxygen atoms in total. The first-order valence-corrected chi connectivity index (χ1v) is 7.26. The standard InChI is InChI=1S/C11H9Br3O2/c12-7-3-8(13)11(9(14)4-7)16-5-10(15)6-1-2-6/h3-4,6H,1-2,5H2. The predicted octanol–water partition coefficient (Wildman–Crippen LogP) is 4.33. The number of halogens is 3. The van der Waals surface area contributed by atoms with Crippen molar-refractivity contribution in [1.29, 1.82) is 0 Å². The normalized spacial score (nSPS) is 14.9. The smallest absolute Gasteiger partial charge is 0.173 e. The van der Waals surface area contributed by atoms with Crippen molar-refractivity contribution >= 4 is 53.6 Å². The minimum Gasteiger partial charge on any atom is -0.483 e. The van der Waals surface area contributed by atoms with E-state index in [1.165, 1.54) is 0 Å². The lowest BCUT2D eigenvalue weighted by molar-refractivity contribution is -0.122. The maximum Gasteiger partial charge on any atom is 0.173 e. The molecule has 0 radical (unpaired) electrons. The molecule has 0 unspecified atom stereocenters. The fraction of sp³-hybridized carbons (Fsp3) is 0.364. The van der Waals surface area contributed by atoms with Crippen molar-refractivity contribution in [3.8, 4) is 5.75 Å². The van der Waals surface area contributed by atoms with Gasteiger partial charge in [0.25, 0.3) is 0 Å². The lowest BCUT2D eigenvalue weighted by atomic mass is 10.3. The van der Waals surface area contributed by atoms with Gasteiger partial charge in [0, 0.05) is 10.4 Å². The summed E-state index contributed by atoms with van der Waals surface area (Å²) in [6.07, 6.45) is 2.04. The van der Waals surface area contributed by atoms with Gasteiger partial charge in [0.05, 0.1) is 8.95 Å². The van der Waals surface area contributed by atoms with Crippen molar-refractivity contribution in [3.63, 3.8) is 0 Å². The van der Waals surface area contributed by atoms with E-state index in [1.807, 2.05) is 12.1 Å². The highest BCUT2D eigenvalue weighted by Crippen LogP contribution is 2.37. The summed E-state index contributed by atoms with van der Waals surface area (Å²) in [5, 5.41) is 0. The van der Waals surface area contributed by atoms with Crippen molar-refractivity contribution in [2.75, 3.05) is 6.61 Å². The zero-order chi connectivity index (χ0) is 11.7. The van der Waals surface area contributed by atoms with Gasteiger partial charge in [0.15, 0.2) is 5.78 Å². The van der Waals surface area contributed by atoms with Gasteiger partial charge < -0.3 is 4.74 Å². The molecule has 1 aromatic carbocycles. The van der Waals surface area contributed by atoms with Crippen LogP contribution in [0.4, 0.5) is 0 Å². The van der Waals surface area contributed by atoms with E-state index in [1.54, 1.807) is 0 Å². The maximum absolute atomic E-state index is 11.5. The second kappa shape index (κ2) is 5.19. The largest absolute Gasteiger partial charge is 0.483 e. The molecule has 16 heavy (non-hydrogen) atoms. The Morgan fingerprint density at radius 3 is 2.31 bits per heavy atom. The zero-order valence-electron chi connectivity index (χ0n) is 8.30. The lowest BCUT2D eigenvalue weighted by Crippen LogP contribution is -2.13. The summed E-state index contributed by atoms with van der Waals surface area (Å²) in [7, 11) is 0. The number of carbonyl (C=O) groups excluding carboxylic acids is 1. The number of hydrogen-bond acceptors (Lipinski definition) is 2.